The average molecular weight is 628 g/mol. The molecule has 1 spiro atoms. The zero-order chi connectivity index (χ0) is 32.3. The minimum absolute atomic E-state index is 0.00915. The molecule has 4 rings (SSSR count). The molecule has 0 unspecified atom stereocenters. The molecule has 0 bridgehead atoms. The van der Waals surface area contributed by atoms with E-state index in [-0.39, 0.29) is 90.1 Å². The average Bonchev–Trinajstić information content (AvgIpc) is 3.87. The van der Waals surface area contributed by atoms with Gasteiger partial charge in [-0.3, -0.25) is 19.2 Å². The van der Waals surface area contributed by atoms with Gasteiger partial charge in [-0.1, -0.05) is 44.6 Å². The van der Waals surface area contributed by atoms with Crippen LogP contribution in [0, 0.1) is 11.3 Å². The second-order valence-electron chi connectivity index (χ2n) is 14.1. The third-order valence-electron chi connectivity index (χ3n) is 9.19. The Labute approximate surface area is 266 Å². The zero-order valence-corrected chi connectivity index (χ0v) is 28.1. The Balaban J connectivity index is 1.23. The Bertz CT molecular complexity index is 1260. The van der Waals surface area contributed by atoms with Crippen molar-refractivity contribution in [2.75, 3.05) is 19.5 Å². The first-order chi connectivity index (χ1) is 20.7. The van der Waals surface area contributed by atoms with Crippen molar-refractivity contribution >= 4 is 35.0 Å². The second-order valence-corrected chi connectivity index (χ2v) is 15.1. The molecule has 1 aromatic rings. The van der Waals surface area contributed by atoms with Crippen molar-refractivity contribution in [2.24, 2.45) is 11.3 Å². The number of benzene rings is 1. The lowest BCUT2D eigenvalue weighted by molar-refractivity contribution is -0.130. The lowest BCUT2D eigenvalue weighted by Gasteiger charge is -2.43. The molecule has 1 saturated carbocycles. The highest BCUT2D eigenvalue weighted by Crippen LogP contribution is 2.59. The molecule has 1 amide bonds. The molecule has 1 aliphatic carbocycles. The molecule has 2 aliphatic heterocycles. The standard InChI is InChI=1S/C35H49NO7S/c1-22(2)8-15-29-34(6,43-29)32-31(41-7)27(16-17-35(32)21-42-35)36-30(40)19-25(38)20-44-26-12-9-23(10-13-26)18-24(37)11-14-28(39)33(3,4)5/h8-10,12-13,27,29,31-32H,11,14-21H2,1-7H3,(H,36,40)/t27-,29-,31-,32-,34-,35+/m1/s1. The van der Waals surface area contributed by atoms with E-state index in [1.54, 1.807) is 7.11 Å². The van der Waals surface area contributed by atoms with Gasteiger partial charge in [0.25, 0.3) is 0 Å². The normalized spacial score (nSPS) is 29.2. The van der Waals surface area contributed by atoms with Crippen molar-refractivity contribution in [1.29, 1.82) is 0 Å². The number of Topliss-reactive ketones (excluding diaryl/α,β-unsaturated/α-hetero) is 3. The number of thioether (sulfide) groups is 1. The SMILES string of the molecule is CO[C@@H]1[C@H](NC(=O)CC(=O)CSc2ccc(CC(=O)CCC(=O)C(C)(C)C)cc2)CC[C@]2(CO2)[C@H]1[C@]1(C)O[C@@H]1CC=C(C)C. The van der Waals surface area contributed by atoms with Crippen LogP contribution in [0.1, 0.15) is 85.6 Å². The summed E-state index contributed by atoms with van der Waals surface area (Å²) in [5.74, 6) is -0.161. The van der Waals surface area contributed by atoms with E-state index in [0.717, 1.165) is 29.7 Å². The monoisotopic (exact) mass is 627 g/mol. The molecule has 3 fully saturated rings. The second kappa shape index (κ2) is 14.0. The largest absolute Gasteiger partial charge is 0.379 e. The fourth-order valence-corrected chi connectivity index (χ4v) is 7.20. The van der Waals surface area contributed by atoms with Crippen LogP contribution in [-0.4, -0.2) is 72.2 Å². The van der Waals surface area contributed by atoms with E-state index in [9.17, 15) is 19.2 Å². The van der Waals surface area contributed by atoms with E-state index < -0.39 is 5.41 Å². The number of carbonyl (C=O) groups is 4. The molecule has 9 heteroatoms. The number of ether oxygens (including phenoxy) is 3. The molecule has 2 saturated heterocycles. The van der Waals surface area contributed by atoms with Gasteiger partial charge in [0.15, 0.2) is 5.78 Å². The highest BCUT2D eigenvalue weighted by molar-refractivity contribution is 8.00. The van der Waals surface area contributed by atoms with Crippen LogP contribution in [0.3, 0.4) is 0 Å². The van der Waals surface area contributed by atoms with Gasteiger partial charge in [0.05, 0.1) is 42.6 Å². The van der Waals surface area contributed by atoms with E-state index in [0.29, 0.717) is 6.61 Å². The molecule has 242 valence electrons. The van der Waals surface area contributed by atoms with Gasteiger partial charge in [-0.15, -0.1) is 11.8 Å². The molecule has 6 atom stereocenters. The van der Waals surface area contributed by atoms with E-state index in [1.165, 1.54) is 17.3 Å². The molecule has 1 N–H and O–H groups in total. The first-order valence-corrected chi connectivity index (χ1v) is 16.7. The molecule has 44 heavy (non-hydrogen) atoms. The Hall–Kier alpha value is -2.33. The summed E-state index contributed by atoms with van der Waals surface area (Å²) in [6, 6.07) is 7.29. The van der Waals surface area contributed by atoms with Crippen molar-refractivity contribution in [3.05, 3.63) is 41.5 Å². The molecule has 8 nitrogen and oxygen atoms in total. The first-order valence-electron chi connectivity index (χ1n) is 15.7. The fraction of sp³-hybridized carbons (Fsp3) is 0.657. The Morgan fingerprint density at radius 3 is 2.36 bits per heavy atom. The summed E-state index contributed by atoms with van der Waals surface area (Å²) >= 11 is 1.37. The summed E-state index contributed by atoms with van der Waals surface area (Å²) in [4.78, 5) is 51.0. The lowest BCUT2D eigenvalue weighted by Crippen LogP contribution is -2.59. The third kappa shape index (κ3) is 8.68. The van der Waals surface area contributed by atoms with E-state index in [2.05, 4.69) is 32.2 Å². The predicted molar refractivity (Wildman–Crippen MR) is 171 cm³/mol. The summed E-state index contributed by atoms with van der Waals surface area (Å²) in [5.41, 5.74) is 1.05. The molecule has 1 aromatic carbocycles. The maximum Gasteiger partial charge on any atom is 0.227 e. The topological polar surface area (TPSA) is 115 Å². The van der Waals surface area contributed by atoms with Gasteiger partial charge in [-0.05, 0) is 57.7 Å². The summed E-state index contributed by atoms with van der Waals surface area (Å²) in [6.45, 7) is 12.6. The summed E-state index contributed by atoms with van der Waals surface area (Å²) in [5, 5.41) is 3.09. The highest BCUT2D eigenvalue weighted by Gasteiger charge is 2.71. The van der Waals surface area contributed by atoms with Crippen LogP contribution in [0.2, 0.25) is 0 Å². The number of allylic oxidation sites excluding steroid dienone is 1. The minimum atomic E-state index is -0.434. The Morgan fingerprint density at radius 1 is 1.09 bits per heavy atom. The van der Waals surface area contributed by atoms with Crippen molar-refractivity contribution < 1.29 is 33.4 Å². The maximum atomic E-state index is 13.0. The molecular weight excluding hydrogens is 578 g/mol. The number of ketones is 3. The van der Waals surface area contributed by atoms with E-state index in [4.69, 9.17) is 14.2 Å². The molecule has 2 heterocycles. The number of amides is 1. The number of epoxide rings is 2. The fourth-order valence-electron chi connectivity index (χ4n) is 6.44. The highest BCUT2D eigenvalue weighted by atomic mass is 32.2. The smallest absolute Gasteiger partial charge is 0.227 e. The van der Waals surface area contributed by atoms with Crippen molar-refractivity contribution in [3.63, 3.8) is 0 Å². The van der Waals surface area contributed by atoms with Gasteiger partial charge in [0, 0.05) is 42.6 Å². The molecule has 3 aliphatic rings. The van der Waals surface area contributed by atoms with E-state index in [1.807, 2.05) is 45.0 Å². The van der Waals surface area contributed by atoms with Crippen LogP contribution in [0.5, 0.6) is 0 Å². The van der Waals surface area contributed by atoms with Gasteiger partial charge in [0.1, 0.15) is 17.2 Å². The summed E-state index contributed by atoms with van der Waals surface area (Å²) in [6.07, 6.45) is 4.98. The van der Waals surface area contributed by atoms with Gasteiger partial charge in [0.2, 0.25) is 5.91 Å². The number of hydrogen-bond acceptors (Lipinski definition) is 8. The quantitative estimate of drug-likeness (QED) is 0.118. The number of methoxy groups -OCH3 is 1. The number of rotatable bonds is 15. The number of hydrogen-bond donors (Lipinski definition) is 1. The summed E-state index contributed by atoms with van der Waals surface area (Å²) < 4.78 is 18.2. The Morgan fingerprint density at radius 2 is 1.77 bits per heavy atom. The molecule has 0 radical (unpaired) electrons. The van der Waals surface area contributed by atoms with Crippen LogP contribution >= 0.6 is 11.8 Å². The zero-order valence-electron chi connectivity index (χ0n) is 27.3. The van der Waals surface area contributed by atoms with Gasteiger partial charge in [-0.25, -0.2) is 0 Å². The van der Waals surface area contributed by atoms with Crippen LogP contribution in [0.15, 0.2) is 40.8 Å². The minimum Gasteiger partial charge on any atom is -0.379 e. The van der Waals surface area contributed by atoms with Crippen LogP contribution in [-0.2, 0) is 39.8 Å². The van der Waals surface area contributed by atoms with Crippen LogP contribution in [0.25, 0.3) is 0 Å². The van der Waals surface area contributed by atoms with Crippen LogP contribution < -0.4 is 5.32 Å². The van der Waals surface area contributed by atoms with Crippen molar-refractivity contribution in [3.8, 4) is 0 Å². The van der Waals surface area contributed by atoms with Gasteiger partial charge >= 0.3 is 0 Å². The maximum absolute atomic E-state index is 13.0. The van der Waals surface area contributed by atoms with Crippen molar-refractivity contribution in [1.82, 2.24) is 5.32 Å². The summed E-state index contributed by atoms with van der Waals surface area (Å²) in [7, 11) is 1.67. The third-order valence-corrected chi connectivity index (χ3v) is 10.3. The van der Waals surface area contributed by atoms with E-state index >= 15 is 0 Å². The number of nitrogens with one attached hydrogen (secondary N) is 1. The van der Waals surface area contributed by atoms with Gasteiger partial charge in [-0.2, -0.15) is 0 Å². The Kier molecular flexibility index (Phi) is 11.0. The lowest BCUT2D eigenvalue weighted by atomic mass is 9.67. The molecule has 0 aromatic heterocycles. The molecular formula is C35H49NO7S. The number of carbonyl (C=O) groups excluding carboxylic acids is 4. The first kappa shape index (κ1) is 34.5. The van der Waals surface area contributed by atoms with Crippen molar-refractivity contribution in [2.45, 2.75) is 121 Å². The van der Waals surface area contributed by atoms with Gasteiger partial charge < -0.3 is 19.5 Å². The van der Waals surface area contributed by atoms with Crippen LogP contribution in [0.4, 0.5) is 0 Å². The predicted octanol–water partition coefficient (Wildman–Crippen LogP) is 5.44.